The van der Waals surface area contributed by atoms with Gasteiger partial charge in [-0.2, -0.15) is 0 Å². The van der Waals surface area contributed by atoms with Gasteiger partial charge < -0.3 is 5.32 Å². The highest BCUT2D eigenvalue weighted by Crippen LogP contribution is 2.24. The van der Waals surface area contributed by atoms with Crippen LogP contribution in [0, 0.1) is 5.92 Å². The van der Waals surface area contributed by atoms with E-state index in [0.717, 1.165) is 13.1 Å². The highest BCUT2D eigenvalue weighted by Gasteiger charge is 2.29. The summed E-state index contributed by atoms with van der Waals surface area (Å²) in [6.07, 6.45) is 0. The number of piperazine rings is 1. The monoisotopic (exact) mass is 250 g/mol. The molecule has 2 rings (SSSR count). The average molecular weight is 250 g/mol. The second-order valence-corrected chi connectivity index (χ2v) is 5.37. The van der Waals surface area contributed by atoms with Crippen LogP contribution in [0.2, 0.25) is 0 Å². The van der Waals surface area contributed by atoms with Crippen molar-refractivity contribution in [2.45, 2.75) is 25.9 Å². The van der Waals surface area contributed by atoms with Crippen molar-refractivity contribution in [2.24, 2.45) is 5.92 Å². The molecule has 1 fully saturated rings. The molecule has 0 amide bonds. The molecule has 1 aliphatic heterocycles. The van der Waals surface area contributed by atoms with E-state index in [1.807, 2.05) is 6.07 Å². The quantitative estimate of drug-likeness (QED) is 0.883. The summed E-state index contributed by atoms with van der Waals surface area (Å²) in [6, 6.07) is 11.2. The third-order valence-electron chi connectivity index (χ3n) is 3.81. The van der Waals surface area contributed by atoms with Gasteiger partial charge in [0.05, 0.1) is 0 Å². The van der Waals surface area contributed by atoms with Gasteiger partial charge in [-0.1, -0.05) is 44.2 Å². The Labute approximate surface area is 109 Å². The summed E-state index contributed by atoms with van der Waals surface area (Å²) in [7, 11) is 0. The Morgan fingerprint density at radius 3 is 2.67 bits per heavy atom. The van der Waals surface area contributed by atoms with Gasteiger partial charge in [0.15, 0.2) is 0 Å². The highest BCUT2D eigenvalue weighted by molar-refractivity contribution is 5.20. The van der Waals surface area contributed by atoms with Crippen LogP contribution in [0.5, 0.6) is 0 Å². The molecule has 2 unspecified atom stereocenters. The molecule has 2 nitrogen and oxygen atoms in total. The van der Waals surface area contributed by atoms with E-state index in [9.17, 15) is 4.39 Å². The lowest BCUT2D eigenvalue weighted by Gasteiger charge is -2.41. The normalized spacial score (nSPS) is 25.6. The van der Waals surface area contributed by atoms with Gasteiger partial charge in [-0.3, -0.25) is 4.90 Å². The molecule has 1 heterocycles. The van der Waals surface area contributed by atoms with Crippen molar-refractivity contribution in [3.05, 3.63) is 35.9 Å². The number of hydrogen-bond acceptors (Lipinski definition) is 2. The van der Waals surface area contributed by atoms with Crippen molar-refractivity contribution in [1.29, 1.82) is 0 Å². The van der Waals surface area contributed by atoms with Crippen LogP contribution in [0.25, 0.3) is 0 Å². The number of benzene rings is 1. The van der Waals surface area contributed by atoms with Gasteiger partial charge in [-0.05, 0) is 11.5 Å². The maximum Gasteiger partial charge on any atom is 0.102 e. The fraction of sp³-hybridized carbons (Fsp3) is 0.600. The predicted molar refractivity (Wildman–Crippen MR) is 73.4 cm³/mol. The summed E-state index contributed by atoms with van der Waals surface area (Å²) in [5.74, 6) is 0.587. The largest absolute Gasteiger partial charge is 0.311 e. The van der Waals surface area contributed by atoms with Crippen LogP contribution < -0.4 is 5.32 Å². The number of alkyl halides is 1. The zero-order valence-corrected chi connectivity index (χ0v) is 11.3. The van der Waals surface area contributed by atoms with Gasteiger partial charge in [-0.15, -0.1) is 0 Å². The third kappa shape index (κ3) is 3.09. The minimum Gasteiger partial charge on any atom is -0.311 e. The SMILES string of the molecule is CC(C)C1CN(CCF)C(c2ccccc2)CN1. The fourth-order valence-electron chi connectivity index (χ4n) is 2.64. The Kier molecular flexibility index (Phi) is 4.72. The second-order valence-electron chi connectivity index (χ2n) is 5.37. The maximum atomic E-state index is 12.7. The molecule has 18 heavy (non-hydrogen) atoms. The Morgan fingerprint density at radius 2 is 2.06 bits per heavy atom. The van der Waals surface area contributed by atoms with Crippen LogP contribution in [-0.2, 0) is 0 Å². The lowest BCUT2D eigenvalue weighted by atomic mass is 9.96. The van der Waals surface area contributed by atoms with Gasteiger partial charge in [-0.25, -0.2) is 4.39 Å². The van der Waals surface area contributed by atoms with Crippen molar-refractivity contribution in [1.82, 2.24) is 10.2 Å². The summed E-state index contributed by atoms with van der Waals surface area (Å²) in [5.41, 5.74) is 1.28. The minimum absolute atomic E-state index is 0.270. The van der Waals surface area contributed by atoms with E-state index in [1.165, 1.54) is 5.56 Å². The zero-order chi connectivity index (χ0) is 13.0. The number of rotatable bonds is 4. The summed E-state index contributed by atoms with van der Waals surface area (Å²) in [4.78, 5) is 2.27. The average Bonchev–Trinajstić information content (AvgIpc) is 2.40. The first kappa shape index (κ1) is 13.5. The van der Waals surface area contributed by atoms with Gasteiger partial charge in [0.2, 0.25) is 0 Å². The van der Waals surface area contributed by atoms with Gasteiger partial charge in [0.25, 0.3) is 0 Å². The molecule has 1 aliphatic rings. The van der Waals surface area contributed by atoms with Crippen LogP contribution in [0.4, 0.5) is 4.39 Å². The van der Waals surface area contributed by atoms with Crippen LogP contribution in [0.3, 0.4) is 0 Å². The van der Waals surface area contributed by atoms with E-state index in [1.54, 1.807) is 0 Å². The van der Waals surface area contributed by atoms with Gasteiger partial charge in [0, 0.05) is 31.7 Å². The van der Waals surface area contributed by atoms with Crippen LogP contribution in [-0.4, -0.2) is 37.3 Å². The van der Waals surface area contributed by atoms with E-state index in [-0.39, 0.29) is 6.67 Å². The molecular formula is C15H23FN2. The minimum atomic E-state index is -0.270. The molecule has 0 radical (unpaired) electrons. The molecule has 0 spiro atoms. The fourth-order valence-corrected chi connectivity index (χ4v) is 2.64. The van der Waals surface area contributed by atoms with Crippen LogP contribution in [0.1, 0.15) is 25.5 Å². The van der Waals surface area contributed by atoms with E-state index in [4.69, 9.17) is 0 Å². The summed E-state index contributed by atoms with van der Waals surface area (Å²) >= 11 is 0. The number of nitrogens with zero attached hydrogens (tertiary/aromatic N) is 1. The van der Waals surface area contributed by atoms with Crippen LogP contribution in [0.15, 0.2) is 30.3 Å². The summed E-state index contributed by atoms with van der Waals surface area (Å²) in [6.45, 7) is 6.54. The molecule has 0 saturated carbocycles. The molecule has 0 bridgehead atoms. The Balaban J connectivity index is 2.10. The van der Waals surface area contributed by atoms with Gasteiger partial charge >= 0.3 is 0 Å². The molecule has 1 saturated heterocycles. The maximum absolute atomic E-state index is 12.7. The molecule has 3 heteroatoms. The molecule has 2 atom stereocenters. The van der Waals surface area contributed by atoms with Gasteiger partial charge in [0.1, 0.15) is 6.67 Å². The van der Waals surface area contributed by atoms with Crippen LogP contribution >= 0.6 is 0 Å². The molecule has 0 aromatic heterocycles. The van der Waals surface area contributed by atoms with E-state index >= 15 is 0 Å². The lowest BCUT2D eigenvalue weighted by molar-refractivity contribution is 0.106. The molecule has 100 valence electrons. The molecular weight excluding hydrogens is 227 g/mol. The number of halogens is 1. The predicted octanol–water partition coefficient (Wildman–Crippen LogP) is 2.63. The molecule has 1 aromatic rings. The van der Waals surface area contributed by atoms with Crippen molar-refractivity contribution < 1.29 is 4.39 Å². The van der Waals surface area contributed by atoms with Crippen molar-refractivity contribution in [2.75, 3.05) is 26.3 Å². The van der Waals surface area contributed by atoms with E-state index < -0.39 is 0 Å². The highest BCUT2D eigenvalue weighted by atomic mass is 19.1. The summed E-state index contributed by atoms with van der Waals surface area (Å²) < 4.78 is 12.7. The van der Waals surface area contributed by atoms with Crippen molar-refractivity contribution >= 4 is 0 Å². The standard InChI is InChI=1S/C15H23FN2/c1-12(2)14-11-18(9-8-16)15(10-17-14)13-6-4-3-5-7-13/h3-7,12,14-15,17H,8-11H2,1-2H3. The molecule has 1 N–H and O–H groups in total. The first-order chi connectivity index (χ1) is 8.72. The first-order valence-corrected chi connectivity index (χ1v) is 6.80. The molecule has 0 aliphatic carbocycles. The lowest BCUT2D eigenvalue weighted by Crippen LogP contribution is -2.54. The molecule has 1 aromatic carbocycles. The smallest absolute Gasteiger partial charge is 0.102 e. The Morgan fingerprint density at radius 1 is 1.33 bits per heavy atom. The first-order valence-electron chi connectivity index (χ1n) is 6.80. The second kappa shape index (κ2) is 6.30. The number of nitrogens with one attached hydrogen (secondary N) is 1. The third-order valence-corrected chi connectivity index (χ3v) is 3.81. The summed E-state index contributed by atoms with van der Waals surface area (Å²) in [5, 5.41) is 3.59. The van der Waals surface area contributed by atoms with Crippen molar-refractivity contribution in [3.8, 4) is 0 Å². The van der Waals surface area contributed by atoms with E-state index in [0.29, 0.717) is 24.5 Å². The van der Waals surface area contributed by atoms with E-state index in [2.05, 4.69) is 48.3 Å². The zero-order valence-electron chi connectivity index (χ0n) is 11.3. The Hall–Kier alpha value is -0.930. The Bertz CT molecular complexity index is 353. The topological polar surface area (TPSA) is 15.3 Å². The van der Waals surface area contributed by atoms with Crippen molar-refractivity contribution in [3.63, 3.8) is 0 Å². The number of hydrogen-bond donors (Lipinski definition) is 1.